The molecule has 2 heterocycles. The van der Waals surface area contributed by atoms with Gasteiger partial charge in [-0.1, -0.05) is 56.1 Å². The van der Waals surface area contributed by atoms with Gasteiger partial charge in [0.1, 0.15) is 5.76 Å². The number of rotatable bonds is 5. The Balaban J connectivity index is 1.73. The number of amides is 1. The Morgan fingerprint density at radius 2 is 1.71 bits per heavy atom. The third kappa shape index (κ3) is 4.77. The predicted molar refractivity (Wildman–Crippen MR) is 125 cm³/mol. The minimum Gasteiger partial charge on any atom is -0.507 e. The van der Waals surface area contributed by atoms with Gasteiger partial charge in [0.2, 0.25) is 0 Å². The normalized spacial score (nSPS) is 21.6. The zero-order chi connectivity index (χ0) is 22.0. The van der Waals surface area contributed by atoms with Crippen LogP contribution in [-0.2, 0) is 14.3 Å². The number of aliphatic hydroxyl groups is 1. The van der Waals surface area contributed by atoms with Gasteiger partial charge in [0.15, 0.2) is 0 Å². The molecule has 4 rings (SSSR count). The van der Waals surface area contributed by atoms with Crippen LogP contribution in [0.5, 0.6) is 0 Å². The van der Waals surface area contributed by atoms with Gasteiger partial charge in [-0.05, 0) is 29.8 Å². The van der Waals surface area contributed by atoms with E-state index in [1.807, 2.05) is 24.3 Å². The van der Waals surface area contributed by atoms with E-state index in [2.05, 4.69) is 36.8 Å². The monoisotopic (exact) mass is 548 g/mol. The predicted octanol–water partition coefficient (Wildman–Crippen LogP) is 3.97. The van der Waals surface area contributed by atoms with Gasteiger partial charge >= 0.3 is 0 Å². The van der Waals surface area contributed by atoms with Crippen LogP contribution in [0.4, 0.5) is 0 Å². The fraction of sp³-hybridized carbons (Fsp3) is 0.304. The summed E-state index contributed by atoms with van der Waals surface area (Å²) in [6.07, 6.45) is 0. The molecule has 0 saturated carbocycles. The number of hydrogen-bond acceptors (Lipinski definition) is 5. The molecule has 1 amide bonds. The Bertz CT molecular complexity index is 1020. The van der Waals surface area contributed by atoms with Crippen molar-refractivity contribution in [1.29, 1.82) is 0 Å². The van der Waals surface area contributed by atoms with E-state index in [1.165, 1.54) is 0 Å². The summed E-state index contributed by atoms with van der Waals surface area (Å²) in [5.41, 5.74) is 1.39. The molecule has 2 saturated heterocycles. The third-order valence-corrected chi connectivity index (χ3v) is 6.60. The first-order valence-electron chi connectivity index (χ1n) is 10.1. The topological polar surface area (TPSA) is 70.1 Å². The first kappa shape index (κ1) is 22.2. The second kappa shape index (κ2) is 9.65. The SMILES string of the molecule is O=C1C(=O)N(CCN2CCOCC2)[C@H](c2cccc(Br)c2)/C1=C(\O)c1ccc(Br)cc1. The van der Waals surface area contributed by atoms with Gasteiger partial charge in [0.05, 0.1) is 24.8 Å². The summed E-state index contributed by atoms with van der Waals surface area (Å²) >= 11 is 6.85. The van der Waals surface area contributed by atoms with Crippen LogP contribution in [0.2, 0.25) is 0 Å². The highest BCUT2D eigenvalue weighted by Crippen LogP contribution is 2.40. The van der Waals surface area contributed by atoms with Crippen molar-refractivity contribution in [2.75, 3.05) is 39.4 Å². The van der Waals surface area contributed by atoms with Crippen molar-refractivity contribution in [3.05, 3.63) is 74.2 Å². The number of hydrogen-bond donors (Lipinski definition) is 1. The Morgan fingerprint density at radius 1 is 1.00 bits per heavy atom. The highest BCUT2D eigenvalue weighted by molar-refractivity contribution is 9.10. The van der Waals surface area contributed by atoms with Gasteiger partial charge in [-0.25, -0.2) is 0 Å². The summed E-state index contributed by atoms with van der Waals surface area (Å²) in [5.74, 6) is -1.41. The van der Waals surface area contributed by atoms with Gasteiger partial charge in [0.25, 0.3) is 11.7 Å². The molecule has 0 unspecified atom stereocenters. The maximum absolute atomic E-state index is 13.1. The van der Waals surface area contributed by atoms with Gasteiger partial charge in [0, 0.05) is 40.7 Å². The molecule has 31 heavy (non-hydrogen) atoms. The highest BCUT2D eigenvalue weighted by Gasteiger charge is 2.46. The zero-order valence-electron chi connectivity index (χ0n) is 16.8. The molecule has 2 fully saturated rings. The van der Waals surface area contributed by atoms with Crippen LogP contribution in [0.15, 0.2) is 63.0 Å². The molecule has 2 aromatic rings. The number of ketones is 1. The smallest absolute Gasteiger partial charge is 0.295 e. The van der Waals surface area contributed by atoms with Gasteiger partial charge in [-0.2, -0.15) is 0 Å². The second-order valence-electron chi connectivity index (χ2n) is 7.51. The maximum Gasteiger partial charge on any atom is 0.295 e. The number of carbonyl (C=O) groups excluding carboxylic acids is 2. The number of likely N-dealkylation sites (tertiary alicyclic amines) is 1. The first-order valence-corrected chi connectivity index (χ1v) is 11.6. The second-order valence-corrected chi connectivity index (χ2v) is 9.34. The van der Waals surface area contributed by atoms with Crippen LogP contribution in [0.1, 0.15) is 17.2 Å². The first-order chi connectivity index (χ1) is 15.0. The molecule has 6 nitrogen and oxygen atoms in total. The van der Waals surface area contributed by atoms with Crippen molar-refractivity contribution < 1.29 is 19.4 Å². The Morgan fingerprint density at radius 3 is 2.39 bits per heavy atom. The molecule has 1 N–H and O–H groups in total. The number of nitrogens with zero attached hydrogens (tertiary/aromatic N) is 2. The Kier molecular flexibility index (Phi) is 6.91. The van der Waals surface area contributed by atoms with Gasteiger partial charge in [-0.15, -0.1) is 0 Å². The lowest BCUT2D eigenvalue weighted by Gasteiger charge is -2.31. The van der Waals surface area contributed by atoms with Gasteiger partial charge in [-0.3, -0.25) is 14.5 Å². The molecule has 0 aromatic heterocycles. The van der Waals surface area contributed by atoms with E-state index in [1.54, 1.807) is 29.2 Å². The van der Waals surface area contributed by atoms with E-state index in [4.69, 9.17) is 4.74 Å². The fourth-order valence-corrected chi connectivity index (χ4v) is 4.65. The van der Waals surface area contributed by atoms with Crippen LogP contribution in [0.25, 0.3) is 5.76 Å². The minimum atomic E-state index is -0.660. The lowest BCUT2D eigenvalue weighted by Crippen LogP contribution is -2.42. The molecule has 8 heteroatoms. The fourth-order valence-electron chi connectivity index (χ4n) is 3.97. The molecular formula is C23H22Br2N2O4. The number of benzene rings is 2. The van der Waals surface area contributed by atoms with E-state index in [-0.39, 0.29) is 11.3 Å². The van der Waals surface area contributed by atoms with Crippen molar-refractivity contribution in [3.63, 3.8) is 0 Å². The molecule has 2 aliphatic heterocycles. The number of aliphatic hydroxyl groups excluding tert-OH is 1. The molecule has 0 spiro atoms. The largest absolute Gasteiger partial charge is 0.507 e. The maximum atomic E-state index is 13.1. The van der Waals surface area contributed by atoms with Crippen LogP contribution in [0, 0.1) is 0 Å². The summed E-state index contributed by atoms with van der Waals surface area (Å²) < 4.78 is 7.09. The lowest BCUT2D eigenvalue weighted by molar-refractivity contribution is -0.140. The molecular weight excluding hydrogens is 528 g/mol. The van der Waals surface area contributed by atoms with E-state index < -0.39 is 17.7 Å². The summed E-state index contributed by atoms with van der Waals surface area (Å²) in [7, 11) is 0. The van der Waals surface area contributed by atoms with Crippen molar-refractivity contribution in [2.24, 2.45) is 0 Å². The average molecular weight is 550 g/mol. The number of carbonyl (C=O) groups is 2. The van der Waals surface area contributed by atoms with Crippen LogP contribution < -0.4 is 0 Å². The number of halogens is 2. The Labute approximate surface area is 197 Å². The summed E-state index contributed by atoms with van der Waals surface area (Å²) in [6.45, 7) is 3.95. The van der Waals surface area contributed by atoms with Crippen molar-refractivity contribution >= 4 is 49.3 Å². The highest BCUT2D eigenvalue weighted by atomic mass is 79.9. The minimum absolute atomic E-state index is 0.118. The molecule has 0 aliphatic carbocycles. The van der Waals surface area contributed by atoms with E-state index >= 15 is 0 Å². The number of Topliss-reactive ketones (excluding diaryl/α,β-unsaturated/α-hetero) is 1. The van der Waals surface area contributed by atoms with Crippen LogP contribution >= 0.6 is 31.9 Å². The van der Waals surface area contributed by atoms with Crippen LogP contribution in [0.3, 0.4) is 0 Å². The van der Waals surface area contributed by atoms with Crippen molar-refractivity contribution in [3.8, 4) is 0 Å². The van der Waals surface area contributed by atoms with Crippen molar-refractivity contribution in [2.45, 2.75) is 6.04 Å². The molecule has 2 aliphatic rings. The quantitative estimate of drug-likeness (QED) is 0.347. The molecule has 162 valence electrons. The summed E-state index contributed by atoms with van der Waals surface area (Å²) in [5, 5.41) is 11.1. The van der Waals surface area contributed by atoms with Crippen molar-refractivity contribution in [1.82, 2.24) is 9.80 Å². The number of ether oxygens (including phenoxy) is 1. The van der Waals surface area contributed by atoms with Gasteiger partial charge < -0.3 is 14.7 Å². The Hall–Kier alpha value is -2.00. The van der Waals surface area contributed by atoms with E-state index in [0.29, 0.717) is 31.9 Å². The molecule has 1 atom stereocenters. The van der Waals surface area contributed by atoms with E-state index in [0.717, 1.165) is 27.6 Å². The van der Waals surface area contributed by atoms with E-state index in [9.17, 15) is 14.7 Å². The average Bonchev–Trinajstić information content (AvgIpc) is 3.03. The number of morpholine rings is 1. The lowest BCUT2D eigenvalue weighted by atomic mass is 9.95. The molecule has 0 bridgehead atoms. The molecule has 2 aromatic carbocycles. The standard InChI is InChI=1S/C23H22Br2N2O4/c24-17-6-4-15(5-7-17)21(28)19-20(16-2-1-3-18(25)14-16)27(23(30)22(19)29)9-8-26-10-12-31-13-11-26/h1-7,14,20,28H,8-13H2/b21-19+/t20-/m1/s1. The van der Waals surface area contributed by atoms with Crippen LogP contribution in [-0.4, -0.2) is 66.0 Å². The molecule has 0 radical (unpaired) electrons. The third-order valence-electron chi connectivity index (χ3n) is 5.58. The zero-order valence-corrected chi connectivity index (χ0v) is 19.9. The summed E-state index contributed by atoms with van der Waals surface area (Å²) in [6, 6.07) is 13.9. The summed E-state index contributed by atoms with van der Waals surface area (Å²) in [4.78, 5) is 29.9.